The van der Waals surface area contributed by atoms with Gasteiger partial charge in [0, 0.05) is 26.3 Å². The number of rotatable bonds is 4. The summed E-state index contributed by atoms with van der Waals surface area (Å²) >= 11 is 5.73. The molecule has 0 N–H and O–H groups in total. The van der Waals surface area contributed by atoms with E-state index >= 15 is 0 Å². The highest BCUT2D eigenvalue weighted by atomic mass is 35.5. The summed E-state index contributed by atoms with van der Waals surface area (Å²) < 4.78 is 0. The Kier molecular flexibility index (Phi) is 5.44. The van der Waals surface area contributed by atoms with E-state index in [2.05, 4.69) is 16.0 Å². The maximum absolute atomic E-state index is 8.73. The van der Waals surface area contributed by atoms with Crippen LogP contribution in [0.2, 0.25) is 5.15 Å². The summed E-state index contributed by atoms with van der Waals surface area (Å²) in [5.74, 6) is 0.796. The number of nitrogens with zero attached hydrogens (tertiary/aromatic N) is 4. The van der Waals surface area contributed by atoms with Gasteiger partial charge in [-0.2, -0.15) is 5.26 Å². The van der Waals surface area contributed by atoms with E-state index < -0.39 is 0 Å². The van der Waals surface area contributed by atoms with Crippen molar-refractivity contribution in [3.05, 3.63) is 29.0 Å². The molecule has 0 radical (unpaired) electrons. The fraction of sp³-hybridized carbons (Fsp3) is 0.417. The van der Waals surface area contributed by atoms with Crippen molar-refractivity contribution in [2.24, 2.45) is 4.99 Å². The second kappa shape index (κ2) is 6.87. The van der Waals surface area contributed by atoms with Crippen LogP contribution in [-0.4, -0.2) is 29.3 Å². The molecule has 0 unspecified atom stereocenters. The van der Waals surface area contributed by atoms with Crippen LogP contribution in [0.25, 0.3) is 0 Å². The van der Waals surface area contributed by atoms with Crippen LogP contribution >= 0.6 is 11.6 Å². The van der Waals surface area contributed by atoms with Gasteiger partial charge in [-0.15, -0.1) is 0 Å². The highest BCUT2D eigenvalue weighted by molar-refractivity contribution is 6.29. The second-order valence-corrected chi connectivity index (χ2v) is 3.87. The van der Waals surface area contributed by atoms with Gasteiger partial charge in [0.2, 0.25) is 0 Å². The largest absolute Gasteiger partial charge is 0.355 e. The topological polar surface area (TPSA) is 52.3 Å². The van der Waals surface area contributed by atoms with Gasteiger partial charge in [-0.05, 0) is 18.6 Å². The lowest BCUT2D eigenvalue weighted by atomic mass is 10.2. The first-order valence-electron chi connectivity index (χ1n) is 5.39. The average molecular weight is 251 g/mol. The molecule has 1 heterocycles. The van der Waals surface area contributed by atoms with Crippen molar-refractivity contribution in [1.29, 1.82) is 5.26 Å². The number of aliphatic imine (C=N–C) groups is 1. The molecule has 0 spiro atoms. The van der Waals surface area contributed by atoms with E-state index in [1.54, 1.807) is 19.3 Å². The standard InChI is InChI=1S/C12H15ClN4/c1-3-17(12(15-2)6-7-14)9-10-4-5-11(13)16-8-10/h4-5,8H,3,6,9H2,1-2H3. The van der Waals surface area contributed by atoms with Gasteiger partial charge < -0.3 is 4.90 Å². The summed E-state index contributed by atoms with van der Waals surface area (Å²) in [6.07, 6.45) is 2.07. The first-order chi connectivity index (χ1) is 8.21. The molecule has 0 bridgehead atoms. The van der Waals surface area contributed by atoms with Crippen molar-refractivity contribution < 1.29 is 0 Å². The van der Waals surface area contributed by atoms with E-state index in [0.29, 0.717) is 18.1 Å². The second-order valence-electron chi connectivity index (χ2n) is 3.48. The molecule has 5 heteroatoms. The summed E-state index contributed by atoms with van der Waals surface area (Å²) in [6, 6.07) is 5.81. The zero-order valence-electron chi connectivity index (χ0n) is 10.0. The Bertz CT molecular complexity index is 419. The van der Waals surface area contributed by atoms with Gasteiger partial charge in [-0.25, -0.2) is 4.98 Å². The van der Waals surface area contributed by atoms with E-state index in [4.69, 9.17) is 16.9 Å². The van der Waals surface area contributed by atoms with Crippen molar-refractivity contribution in [2.75, 3.05) is 13.6 Å². The van der Waals surface area contributed by atoms with Gasteiger partial charge >= 0.3 is 0 Å². The molecule has 0 aromatic carbocycles. The number of halogens is 1. The number of amidine groups is 1. The van der Waals surface area contributed by atoms with Crippen LogP contribution in [0, 0.1) is 11.3 Å². The van der Waals surface area contributed by atoms with Crippen molar-refractivity contribution in [3.8, 4) is 6.07 Å². The van der Waals surface area contributed by atoms with Crippen LogP contribution in [0.5, 0.6) is 0 Å². The molecular formula is C12H15ClN4. The fourth-order valence-electron chi connectivity index (χ4n) is 1.51. The van der Waals surface area contributed by atoms with E-state index in [-0.39, 0.29) is 0 Å². The Morgan fingerprint density at radius 2 is 2.35 bits per heavy atom. The molecule has 4 nitrogen and oxygen atoms in total. The number of hydrogen-bond donors (Lipinski definition) is 0. The third-order valence-electron chi connectivity index (χ3n) is 2.40. The average Bonchev–Trinajstić information content (AvgIpc) is 2.36. The maximum Gasteiger partial charge on any atom is 0.129 e. The Labute approximate surface area is 107 Å². The molecule has 0 amide bonds. The van der Waals surface area contributed by atoms with E-state index in [1.807, 2.05) is 17.9 Å². The lowest BCUT2D eigenvalue weighted by Gasteiger charge is -2.23. The molecule has 1 rings (SSSR count). The van der Waals surface area contributed by atoms with Gasteiger partial charge in [0.05, 0.1) is 12.5 Å². The molecule has 0 aliphatic rings. The van der Waals surface area contributed by atoms with Gasteiger partial charge in [0.15, 0.2) is 0 Å². The molecule has 0 saturated heterocycles. The summed E-state index contributed by atoms with van der Waals surface area (Å²) in [4.78, 5) is 10.2. The van der Waals surface area contributed by atoms with Crippen LogP contribution in [0.3, 0.4) is 0 Å². The minimum atomic E-state index is 0.325. The van der Waals surface area contributed by atoms with Crippen molar-refractivity contribution in [1.82, 2.24) is 9.88 Å². The minimum Gasteiger partial charge on any atom is -0.355 e. The Morgan fingerprint density at radius 1 is 1.59 bits per heavy atom. The zero-order chi connectivity index (χ0) is 12.7. The van der Waals surface area contributed by atoms with Crippen LogP contribution in [-0.2, 0) is 6.54 Å². The molecule has 1 aromatic heterocycles. The molecule has 17 heavy (non-hydrogen) atoms. The lowest BCUT2D eigenvalue weighted by molar-refractivity contribution is 0.428. The van der Waals surface area contributed by atoms with Gasteiger partial charge in [-0.1, -0.05) is 17.7 Å². The molecule has 0 saturated carbocycles. The fourth-order valence-corrected chi connectivity index (χ4v) is 1.62. The third-order valence-corrected chi connectivity index (χ3v) is 2.63. The van der Waals surface area contributed by atoms with Crippen LogP contribution in [0.4, 0.5) is 0 Å². The van der Waals surface area contributed by atoms with Crippen LogP contribution in [0.15, 0.2) is 23.3 Å². The first kappa shape index (κ1) is 13.5. The number of nitriles is 1. The molecule has 0 aliphatic heterocycles. The van der Waals surface area contributed by atoms with E-state index in [9.17, 15) is 0 Å². The molecular weight excluding hydrogens is 236 g/mol. The van der Waals surface area contributed by atoms with E-state index in [0.717, 1.165) is 17.9 Å². The van der Waals surface area contributed by atoms with Crippen LogP contribution < -0.4 is 0 Å². The molecule has 0 fully saturated rings. The van der Waals surface area contributed by atoms with Crippen molar-refractivity contribution in [3.63, 3.8) is 0 Å². The number of aromatic nitrogens is 1. The predicted octanol–water partition coefficient (Wildman–Crippen LogP) is 2.50. The lowest BCUT2D eigenvalue weighted by Crippen LogP contribution is -2.30. The number of hydrogen-bond acceptors (Lipinski definition) is 3. The number of pyridine rings is 1. The molecule has 90 valence electrons. The zero-order valence-corrected chi connectivity index (χ0v) is 10.8. The highest BCUT2D eigenvalue weighted by Crippen LogP contribution is 2.09. The van der Waals surface area contributed by atoms with E-state index in [1.165, 1.54) is 0 Å². The Balaban J connectivity index is 2.76. The quantitative estimate of drug-likeness (QED) is 0.469. The SMILES string of the molecule is CCN(Cc1ccc(Cl)nc1)C(CC#N)=NC. The van der Waals surface area contributed by atoms with Gasteiger partial charge in [0.1, 0.15) is 11.0 Å². The Hall–Kier alpha value is -1.60. The minimum absolute atomic E-state index is 0.325. The summed E-state index contributed by atoms with van der Waals surface area (Å²) in [7, 11) is 1.70. The first-order valence-corrected chi connectivity index (χ1v) is 5.77. The summed E-state index contributed by atoms with van der Waals surface area (Å²) in [6.45, 7) is 3.53. The normalized spacial score (nSPS) is 11.1. The van der Waals surface area contributed by atoms with Gasteiger partial charge in [-0.3, -0.25) is 4.99 Å². The van der Waals surface area contributed by atoms with Crippen LogP contribution in [0.1, 0.15) is 18.9 Å². The molecule has 1 aromatic rings. The molecule has 0 aliphatic carbocycles. The maximum atomic E-state index is 8.73. The summed E-state index contributed by atoms with van der Waals surface area (Å²) in [5, 5.41) is 9.21. The van der Waals surface area contributed by atoms with Crippen molar-refractivity contribution >= 4 is 17.4 Å². The summed E-state index contributed by atoms with van der Waals surface area (Å²) in [5.41, 5.74) is 1.05. The highest BCUT2D eigenvalue weighted by Gasteiger charge is 2.09. The van der Waals surface area contributed by atoms with Gasteiger partial charge in [0.25, 0.3) is 0 Å². The monoisotopic (exact) mass is 250 g/mol. The van der Waals surface area contributed by atoms with Crippen molar-refractivity contribution in [2.45, 2.75) is 19.9 Å². The third kappa shape index (κ3) is 4.04. The molecule has 0 atom stereocenters. The predicted molar refractivity (Wildman–Crippen MR) is 68.9 cm³/mol. The Morgan fingerprint density at radius 3 is 2.82 bits per heavy atom. The smallest absolute Gasteiger partial charge is 0.129 e.